The number of ether oxygens (including phenoxy) is 5. The van der Waals surface area contributed by atoms with Crippen molar-refractivity contribution in [2.75, 3.05) is 6.61 Å². The molecule has 0 bridgehead atoms. The van der Waals surface area contributed by atoms with E-state index in [2.05, 4.69) is 0 Å². The number of hydroxylamine groups is 1. The first-order chi connectivity index (χ1) is 24.0. The summed E-state index contributed by atoms with van der Waals surface area (Å²) in [6.07, 6.45) is -4.42. The van der Waals surface area contributed by atoms with Crippen molar-refractivity contribution in [3.05, 3.63) is 47.7 Å². The maximum Gasteiger partial charge on any atom is 0.338 e. The molecular weight excluding hydrogens is 654 g/mol. The van der Waals surface area contributed by atoms with E-state index in [-0.39, 0.29) is 35.5 Å². The van der Waals surface area contributed by atoms with E-state index in [1.165, 1.54) is 0 Å². The van der Waals surface area contributed by atoms with Crippen molar-refractivity contribution in [3.8, 4) is 0 Å². The summed E-state index contributed by atoms with van der Waals surface area (Å²) in [4.78, 5) is 26.5. The maximum atomic E-state index is 13.5. The van der Waals surface area contributed by atoms with Crippen LogP contribution < -0.4 is 5.48 Å². The minimum absolute atomic E-state index is 0.0101. The van der Waals surface area contributed by atoms with E-state index in [0.29, 0.717) is 6.42 Å². The molecule has 0 radical (unpaired) electrons. The van der Waals surface area contributed by atoms with E-state index in [1.54, 1.807) is 48.8 Å². The first-order valence-corrected chi connectivity index (χ1v) is 17.9. The Kier molecular flexibility index (Phi) is 13.7. The van der Waals surface area contributed by atoms with Gasteiger partial charge in [0.1, 0.15) is 30.5 Å². The highest BCUT2D eigenvalue weighted by Crippen LogP contribution is 2.40. The summed E-state index contributed by atoms with van der Waals surface area (Å²) in [5.41, 5.74) is 1.86. The molecule has 2 aliphatic carbocycles. The number of allylic oxidation sites excluding steroid dienone is 1. The van der Waals surface area contributed by atoms with Crippen LogP contribution in [0.3, 0.4) is 0 Å². The van der Waals surface area contributed by atoms with E-state index >= 15 is 0 Å². The van der Waals surface area contributed by atoms with Crippen LogP contribution in [0.2, 0.25) is 0 Å². The molecule has 13 atom stereocenters. The molecule has 1 aromatic rings. The Morgan fingerprint density at radius 1 is 0.820 bits per heavy atom. The number of benzene rings is 1. The van der Waals surface area contributed by atoms with Crippen LogP contribution in [0.5, 0.6) is 0 Å². The lowest BCUT2D eigenvalue weighted by atomic mass is 9.75. The predicted octanol–water partition coefficient (Wildman–Crippen LogP) is 1.73. The molecule has 4 fully saturated rings. The molecule has 13 unspecified atom stereocenters. The van der Waals surface area contributed by atoms with Gasteiger partial charge in [0.05, 0.1) is 30.5 Å². The van der Waals surface area contributed by atoms with Gasteiger partial charge in [-0.05, 0) is 75.0 Å². The summed E-state index contributed by atoms with van der Waals surface area (Å²) in [6, 6.07) is 8.25. The molecule has 4 aliphatic rings. The third kappa shape index (κ3) is 9.03. The molecule has 2 heterocycles. The van der Waals surface area contributed by atoms with Crippen molar-refractivity contribution >= 4 is 11.9 Å². The number of hydrogen-bond acceptors (Lipinski definition) is 13. The predicted molar refractivity (Wildman–Crippen MR) is 175 cm³/mol. The first-order valence-electron chi connectivity index (χ1n) is 17.9. The Morgan fingerprint density at radius 2 is 1.54 bits per heavy atom. The second-order valence-electron chi connectivity index (χ2n) is 14.3. The molecule has 14 heteroatoms. The van der Waals surface area contributed by atoms with Crippen molar-refractivity contribution in [2.24, 2.45) is 17.8 Å². The van der Waals surface area contributed by atoms with Gasteiger partial charge in [-0.1, -0.05) is 50.8 Å². The lowest BCUT2D eigenvalue weighted by molar-refractivity contribution is -0.315. The van der Waals surface area contributed by atoms with Crippen molar-refractivity contribution in [2.45, 2.75) is 139 Å². The van der Waals surface area contributed by atoms with Crippen LogP contribution in [-0.2, 0) is 28.5 Å². The van der Waals surface area contributed by atoms with E-state index in [1.807, 2.05) is 6.92 Å². The molecule has 5 rings (SSSR count). The third-order valence-electron chi connectivity index (χ3n) is 10.7. The van der Waals surface area contributed by atoms with Crippen LogP contribution in [-0.4, -0.2) is 117 Å². The lowest BCUT2D eigenvalue weighted by Crippen LogP contribution is -2.62. The number of nitrogens with one attached hydrogen (secondary N) is 1. The van der Waals surface area contributed by atoms with Crippen molar-refractivity contribution < 1.29 is 64.0 Å². The molecule has 2 aliphatic heterocycles. The number of aliphatic hydroxyl groups is 5. The second-order valence-corrected chi connectivity index (χ2v) is 14.3. The fourth-order valence-electron chi connectivity index (χ4n) is 7.84. The lowest BCUT2D eigenvalue weighted by Gasteiger charge is -2.47. The number of aliphatic hydroxyl groups excluding tert-OH is 5. The SMILES string of the molecule is CC1CCCC(CC2OC(CO)C(O)C(O/C(=C\C3CCCCC3)C(=O)NO)C2OC(=O)c2ccccc2)C1OC1OC(C)C(O)C(O)C1O. The molecule has 0 spiro atoms. The van der Waals surface area contributed by atoms with Gasteiger partial charge >= 0.3 is 11.9 Å². The van der Waals surface area contributed by atoms with Crippen LogP contribution in [0.25, 0.3) is 0 Å². The van der Waals surface area contributed by atoms with Crippen LogP contribution in [0, 0.1) is 17.8 Å². The van der Waals surface area contributed by atoms with Crippen LogP contribution in [0.4, 0.5) is 0 Å². The highest BCUT2D eigenvalue weighted by atomic mass is 16.7. The third-order valence-corrected chi connectivity index (χ3v) is 10.7. The normalized spacial score (nSPS) is 38.6. The Balaban J connectivity index is 1.46. The summed E-state index contributed by atoms with van der Waals surface area (Å²) in [7, 11) is 0. The number of hydrogen-bond donors (Lipinski definition) is 7. The van der Waals surface area contributed by atoms with Gasteiger partial charge in [-0.3, -0.25) is 10.0 Å². The Bertz CT molecular complexity index is 1280. The molecule has 2 saturated carbocycles. The van der Waals surface area contributed by atoms with Crippen LogP contribution in [0.15, 0.2) is 42.2 Å². The monoisotopic (exact) mass is 707 g/mol. The summed E-state index contributed by atoms with van der Waals surface area (Å²) in [5.74, 6) is -2.20. The summed E-state index contributed by atoms with van der Waals surface area (Å²) in [6.45, 7) is 2.97. The van der Waals surface area contributed by atoms with Gasteiger partial charge in [0.2, 0.25) is 0 Å². The van der Waals surface area contributed by atoms with Gasteiger partial charge in [-0.2, -0.15) is 0 Å². The standard InChI is InChI=1S/C36H53NO13/c1-19-10-9-15-23(31(19)50-36-30(42)29(41)27(39)20(2)46-36)17-24-32(49-35(44)22-13-7-4-8-14-22)33(28(40)26(18-38)47-24)48-25(34(43)37-45)16-21-11-5-3-6-12-21/h4,7-8,13-14,16,19-21,23-24,26-33,36,38-42,45H,3,5-6,9-12,15,17-18H2,1-2H3,(H,37,43)/b25-16-. The maximum absolute atomic E-state index is 13.5. The Morgan fingerprint density at radius 3 is 2.22 bits per heavy atom. The molecule has 0 aromatic heterocycles. The topological polar surface area (TPSA) is 214 Å². The molecule has 1 aromatic carbocycles. The highest BCUT2D eigenvalue weighted by molar-refractivity contribution is 5.90. The van der Waals surface area contributed by atoms with Gasteiger partial charge < -0.3 is 49.2 Å². The van der Waals surface area contributed by atoms with E-state index in [4.69, 9.17) is 23.7 Å². The fraction of sp³-hybridized carbons (Fsp3) is 0.722. The fourth-order valence-corrected chi connectivity index (χ4v) is 7.84. The average Bonchev–Trinajstić information content (AvgIpc) is 3.13. The van der Waals surface area contributed by atoms with Crippen molar-refractivity contribution in [1.82, 2.24) is 5.48 Å². The number of rotatable bonds is 11. The van der Waals surface area contributed by atoms with Gasteiger partial charge in [-0.15, -0.1) is 0 Å². The molecule has 280 valence electrons. The smallest absolute Gasteiger partial charge is 0.338 e. The molecule has 1 amide bonds. The molecule has 50 heavy (non-hydrogen) atoms. The molecular formula is C36H53NO13. The largest absolute Gasteiger partial charge is 0.478 e. The van der Waals surface area contributed by atoms with Gasteiger partial charge in [0.25, 0.3) is 0 Å². The van der Waals surface area contributed by atoms with Crippen molar-refractivity contribution in [3.63, 3.8) is 0 Å². The highest BCUT2D eigenvalue weighted by Gasteiger charge is 2.52. The first kappa shape index (κ1) is 38.6. The zero-order valence-electron chi connectivity index (χ0n) is 28.7. The minimum Gasteiger partial charge on any atom is -0.478 e. The summed E-state index contributed by atoms with van der Waals surface area (Å²) in [5, 5.41) is 62.8. The van der Waals surface area contributed by atoms with Gasteiger partial charge in [-0.25, -0.2) is 10.3 Å². The van der Waals surface area contributed by atoms with Gasteiger partial charge in [0, 0.05) is 0 Å². The van der Waals surface area contributed by atoms with Gasteiger partial charge in [0.15, 0.2) is 24.3 Å². The van der Waals surface area contributed by atoms with Crippen LogP contribution >= 0.6 is 0 Å². The number of carbonyl (C=O) groups is 2. The van der Waals surface area contributed by atoms with E-state index in [0.717, 1.165) is 44.9 Å². The number of esters is 1. The van der Waals surface area contributed by atoms with Crippen molar-refractivity contribution in [1.29, 1.82) is 0 Å². The summed E-state index contributed by atoms with van der Waals surface area (Å²) >= 11 is 0. The van der Waals surface area contributed by atoms with E-state index in [9.17, 15) is 40.3 Å². The Labute approximate surface area is 292 Å². The second kappa shape index (κ2) is 17.7. The quantitative estimate of drug-likeness (QED) is 0.0575. The van der Waals surface area contributed by atoms with Crippen LogP contribution in [0.1, 0.15) is 82.0 Å². The minimum atomic E-state index is -1.54. The average molecular weight is 708 g/mol. The Hall–Kier alpha value is -2.66. The molecule has 7 N–H and O–H groups in total. The number of carbonyl (C=O) groups excluding carboxylic acids is 2. The number of amides is 1. The summed E-state index contributed by atoms with van der Waals surface area (Å²) < 4.78 is 30.7. The molecule has 2 saturated heterocycles. The zero-order valence-corrected chi connectivity index (χ0v) is 28.7. The molecule has 14 nitrogen and oxygen atoms in total. The zero-order chi connectivity index (χ0) is 35.9. The van der Waals surface area contributed by atoms with E-state index < -0.39 is 85.8 Å².